The van der Waals surface area contributed by atoms with Crippen LogP contribution in [0.4, 0.5) is 0 Å². The number of sulfone groups is 1. The van der Waals surface area contributed by atoms with Crippen LogP contribution in [0.15, 0.2) is 58.1 Å². The highest BCUT2D eigenvalue weighted by Crippen LogP contribution is 2.30. The Morgan fingerprint density at radius 1 is 1.03 bits per heavy atom. The van der Waals surface area contributed by atoms with Crippen LogP contribution >= 0.6 is 11.8 Å². The van der Waals surface area contributed by atoms with Gasteiger partial charge in [0.15, 0.2) is 5.84 Å². The maximum absolute atomic E-state index is 12.4. The van der Waals surface area contributed by atoms with Crippen molar-refractivity contribution in [3.05, 3.63) is 64.7 Å². The van der Waals surface area contributed by atoms with Crippen molar-refractivity contribution in [2.24, 2.45) is 10.1 Å². The average molecular weight is 499 g/mol. The molecule has 2 aromatic rings. The van der Waals surface area contributed by atoms with Crippen LogP contribution in [0.25, 0.3) is 6.08 Å². The molecule has 2 aliphatic heterocycles. The Morgan fingerprint density at radius 2 is 1.68 bits per heavy atom. The van der Waals surface area contributed by atoms with E-state index >= 15 is 0 Å². The number of carbonyl (C=O) groups is 1. The summed E-state index contributed by atoms with van der Waals surface area (Å²) in [6, 6.07) is 12.9. The fraction of sp³-hybridized carbons (Fsp3) is 0.217. The number of benzene rings is 2. The fourth-order valence-corrected chi connectivity index (χ4v) is 4.76. The number of aliphatic imine (C=N–C) groups is 1. The summed E-state index contributed by atoms with van der Waals surface area (Å²) in [6.07, 6.45) is 2.52. The smallest absolute Gasteiger partial charge is 0.283 e. The van der Waals surface area contributed by atoms with Crippen molar-refractivity contribution in [2.75, 3.05) is 19.5 Å². The van der Waals surface area contributed by atoms with E-state index in [1.54, 1.807) is 24.3 Å². The van der Waals surface area contributed by atoms with Crippen molar-refractivity contribution in [1.29, 1.82) is 5.41 Å². The number of thioether (sulfide) groups is 1. The number of ether oxygens (including phenoxy) is 2. The van der Waals surface area contributed by atoms with Gasteiger partial charge in [-0.2, -0.15) is 10.0 Å². The van der Waals surface area contributed by atoms with Gasteiger partial charge in [-0.05, 0) is 72.6 Å². The van der Waals surface area contributed by atoms with E-state index in [1.165, 1.54) is 17.2 Å². The SMILES string of the molecule is Cc1ccc(OCCOc2ccc(/C=C3/C(=N)N4N=C(S(C)(=O)=O)SC4=NC3=O)cc2)cc1C. The number of amides is 1. The predicted molar refractivity (Wildman–Crippen MR) is 133 cm³/mol. The summed E-state index contributed by atoms with van der Waals surface area (Å²) < 4.78 is 34.7. The second-order valence-corrected chi connectivity index (χ2v) is 10.8. The van der Waals surface area contributed by atoms with Crippen molar-refractivity contribution < 1.29 is 22.7 Å². The number of hydrogen-bond acceptors (Lipinski definition) is 8. The van der Waals surface area contributed by atoms with Gasteiger partial charge in [-0.15, -0.1) is 5.10 Å². The lowest BCUT2D eigenvalue weighted by Crippen LogP contribution is -2.35. The minimum Gasteiger partial charge on any atom is -0.490 e. The molecule has 0 spiro atoms. The quantitative estimate of drug-likeness (QED) is 0.479. The maximum atomic E-state index is 12.4. The molecule has 0 radical (unpaired) electrons. The molecule has 0 atom stereocenters. The van der Waals surface area contributed by atoms with E-state index in [9.17, 15) is 13.2 Å². The van der Waals surface area contributed by atoms with Gasteiger partial charge in [0.2, 0.25) is 19.4 Å². The largest absolute Gasteiger partial charge is 0.490 e. The molecule has 1 N–H and O–H groups in total. The zero-order valence-corrected chi connectivity index (χ0v) is 20.4. The maximum Gasteiger partial charge on any atom is 0.283 e. The number of aryl methyl sites for hydroxylation is 2. The van der Waals surface area contributed by atoms with Gasteiger partial charge in [-0.1, -0.05) is 18.2 Å². The normalized spacial score (nSPS) is 16.9. The van der Waals surface area contributed by atoms with Crippen molar-refractivity contribution in [3.8, 4) is 11.5 Å². The number of fused-ring (bicyclic) bond motifs is 1. The van der Waals surface area contributed by atoms with E-state index in [2.05, 4.69) is 10.1 Å². The van der Waals surface area contributed by atoms with Crippen LogP contribution in [0.1, 0.15) is 16.7 Å². The molecule has 34 heavy (non-hydrogen) atoms. The summed E-state index contributed by atoms with van der Waals surface area (Å²) in [5, 5.41) is 13.3. The molecular formula is C23H22N4O5S2. The minimum absolute atomic E-state index is 0.0123. The van der Waals surface area contributed by atoms with E-state index in [4.69, 9.17) is 14.9 Å². The lowest BCUT2D eigenvalue weighted by Gasteiger charge is -2.20. The third-order valence-corrected chi connectivity index (χ3v) is 7.62. The monoisotopic (exact) mass is 498 g/mol. The Labute approximate surface area is 201 Å². The Bertz CT molecular complexity index is 1360. The third kappa shape index (κ3) is 5.20. The molecule has 1 amide bonds. The number of amidine groups is 2. The number of carbonyl (C=O) groups excluding carboxylic acids is 1. The number of rotatable bonds is 6. The molecule has 0 aromatic heterocycles. The molecule has 176 valence electrons. The van der Waals surface area contributed by atoms with Crippen LogP contribution in [0.2, 0.25) is 0 Å². The van der Waals surface area contributed by atoms with E-state index in [0.29, 0.717) is 24.5 Å². The molecule has 9 nitrogen and oxygen atoms in total. The Kier molecular flexibility index (Phi) is 6.58. The average Bonchev–Trinajstić information content (AvgIpc) is 3.22. The Balaban J connectivity index is 1.38. The van der Waals surface area contributed by atoms with Gasteiger partial charge in [0.1, 0.15) is 24.7 Å². The fourth-order valence-electron chi connectivity index (χ4n) is 3.07. The zero-order valence-electron chi connectivity index (χ0n) is 18.7. The van der Waals surface area contributed by atoms with Gasteiger partial charge in [0.25, 0.3) is 5.91 Å². The zero-order chi connectivity index (χ0) is 24.5. The number of hydrogen-bond donors (Lipinski definition) is 1. The summed E-state index contributed by atoms with van der Waals surface area (Å²) >= 11 is 0.751. The molecule has 2 aromatic carbocycles. The van der Waals surface area contributed by atoms with Gasteiger partial charge >= 0.3 is 0 Å². The van der Waals surface area contributed by atoms with Gasteiger partial charge in [0, 0.05) is 6.26 Å². The van der Waals surface area contributed by atoms with Crippen molar-refractivity contribution >= 4 is 49.0 Å². The Morgan fingerprint density at radius 3 is 2.32 bits per heavy atom. The van der Waals surface area contributed by atoms with E-state index < -0.39 is 15.7 Å². The number of hydrazone groups is 1. The summed E-state index contributed by atoms with van der Waals surface area (Å²) in [7, 11) is -3.57. The molecule has 2 aliphatic rings. The molecule has 0 saturated carbocycles. The van der Waals surface area contributed by atoms with Crippen molar-refractivity contribution in [1.82, 2.24) is 5.01 Å². The standard InChI is InChI=1S/C23H22N4O5S2/c1-14-4-7-18(12-15(14)2)32-11-10-31-17-8-5-16(6-9-17)13-19-20(24)27-22(25-21(19)28)33-23(26-27)34(3,29)30/h4-9,12-13,24H,10-11H2,1-3H3/b19-13-,24-20?. The first kappa shape index (κ1) is 23.7. The second kappa shape index (κ2) is 9.43. The summed E-state index contributed by atoms with van der Waals surface area (Å²) in [5.74, 6) is 0.570. The van der Waals surface area contributed by atoms with Crippen molar-refractivity contribution in [3.63, 3.8) is 0 Å². The van der Waals surface area contributed by atoms with Crippen LogP contribution in [0.3, 0.4) is 0 Å². The molecule has 4 rings (SSSR count). The van der Waals surface area contributed by atoms with Gasteiger partial charge in [-0.25, -0.2) is 8.42 Å². The van der Waals surface area contributed by atoms with E-state index in [1.807, 2.05) is 32.0 Å². The number of nitrogens with zero attached hydrogens (tertiary/aromatic N) is 3. The van der Waals surface area contributed by atoms with E-state index in [-0.39, 0.29) is 21.0 Å². The topological polar surface area (TPSA) is 121 Å². The highest BCUT2D eigenvalue weighted by atomic mass is 32.3. The molecule has 0 fully saturated rings. The molecule has 0 unspecified atom stereocenters. The van der Waals surface area contributed by atoms with Gasteiger partial charge in [0.05, 0.1) is 5.57 Å². The summed E-state index contributed by atoms with van der Waals surface area (Å²) in [4.78, 5) is 16.3. The molecule has 0 aliphatic carbocycles. The lowest BCUT2D eigenvalue weighted by molar-refractivity contribution is -0.114. The predicted octanol–water partition coefficient (Wildman–Crippen LogP) is 3.38. The molecule has 2 heterocycles. The van der Waals surface area contributed by atoms with Gasteiger partial charge < -0.3 is 9.47 Å². The van der Waals surface area contributed by atoms with Crippen molar-refractivity contribution in [2.45, 2.75) is 13.8 Å². The first-order valence-electron chi connectivity index (χ1n) is 10.2. The summed E-state index contributed by atoms with van der Waals surface area (Å²) in [5.41, 5.74) is 3.05. The lowest BCUT2D eigenvalue weighted by atomic mass is 10.1. The molecule has 0 bridgehead atoms. The second-order valence-electron chi connectivity index (χ2n) is 7.67. The highest BCUT2D eigenvalue weighted by Gasteiger charge is 2.38. The highest BCUT2D eigenvalue weighted by molar-refractivity contribution is 8.42. The Hall–Kier alpha value is -3.44. The minimum atomic E-state index is -3.57. The molecule has 11 heteroatoms. The number of nitrogens with one attached hydrogen (secondary N) is 1. The first-order valence-corrected chi connectivity index (χ1v) is 13.0. The molecular weight excluding hydrogens is 476 g/mol. The van der Waals surface area contributed by atoms with Crippen LogP contribution < -0.4 is 9.47 Å². The summed E-state index contributed by atoms with van der Waals surface area (Å²) in [6.45, 7) is 4.84. The van der Waals surface area contributed by atoms with E-state index in [0.717, 1.165) is 28.8 Å². The van der Waals surface area contributed by atoms with Crippen LogP contribution in [0.5, 0.6) is 11.5 Å². The third-order valence-electron chi connectivity index (χ3n) is 5.04. The molecule has 0 saturated heterocycles. The van der Waals surface area contributed by atoms with Crippen LogP contribution in [-0.2, 0) is 14.6 Å². The van der Waals surface area contributed by atoms with Gasteiger partial charge in [-0.3, -0.25) is 10.2 Å². The van der Waals surface area contributed by atoms with Crippen LogP contribution in [-0.4, -0.2) is 54.2 Å². The first-order chi connectivity index (χ1) is 16.1. The van der Waals surface area contributed by atoms with Crippen LogP contribution in [0, 0.1) is 19.3 Å².